The van der Waals surface area contributed by atoms with Crippen LogP contribution in [0.5, 0.6) is 0 Å². The largest absolute Gasteiger partial charge is 0.468 e. The molecule has 1 heterocycles. The number of rotatable bonds is 2. The van der Waals surface area contributed by atoms with E-state index < -0.39 is 23.8 Å². The molecule has 0 spiro atoms. The zero-order chi connectivity index (χ0) is 12.3. The number of ether oxygens (including phenoxy) is 1. The Kier molecular flexibility index (Phi) is 3.48. The number of carbonyl (C=O) groups is 1. The van der Waals surface area contributed by atoms with Gasteiger partial charge in [0, 0.05) is 12.4 Å². The summed E-state index contributed by atoms with van der Waals surface area (Å²) in [6.45, 7) is 0. The Morgan fingerprint density at radius 1 is 1.56 bits per heavy atom. The molecule has 0 radical (unpaired) electrons. The van der Waals surface area contributed by atoms with Crippen molar-refractivity contribution >= 4 is 5.97 Å². The molecule has 0 bridgehead atoms. The number of aromatic nitrogens is 1. The summed E-state index contributed by atoms with van der Waals surface area (Å²) in [5.74, 6) is -0.934. The molecule has 4 nitrogen and oxygen atoms in total. The number of carbonyl (C=O) groups excluding carboxylic acids is 1. The van der Waals surface area contributed by atoms with Gasteiger partial charge in [-0.05, 0) is 11.6 Å². The van der Waals surface area contributed by atoms with Gasteiger partial charge in [-0.3, -0.25) is 9.78 Å². The lowest BCUT2D eigenvalue weighted by molar-refractivity contribution is -0.144. The highest BCUT2D eigenvalue weighted by molar-refractivity contribution is 5.77. The van der Waals surface area contributed by atoms with Gasteiger partial charge in [-0.15, -0.1) is 0 Å². The molecule has 1 aromatic rings. The summed E-state index contributed by atoms with van der Waals surface area (Å²) in [6, 6.07) is -0.422. The van der Waals surface area contributed by atoms with Crippen molar-refractivity contribution in [2.45, 2.75) is 12.2 Å². The molecule has 0 saturated heterocycles. The number of pyridine rings is 1. The highest BCUT2D eigenvalue weighted by atomic mass is 19.4. The van der Waals surface area contributed by atoms with E-state index in [-0.39, 0.29) is 5.56 Å². The SMILES string of the molecule is COC(=O)C(N)c1ccncc1C(F)(F)F. The van der Waals surface area contributed by atoms with Crippen molar-refractivity contribution in [2.24, 2.45) is 5.73 Å². The van der Waals surface area contributed by atoms with Crippen LogP contribution >= 0.6 is 0 Å². The number of methoxy groups -OCH3 is 1. The molecule has 0 fully saturated rings. The van der Waals surface area contributed by atoms with Crippen molar-refractivity contribution in [3.05, 3.63) is 29.6 Å². The molecule has 0 aliphatic carbocycles. The average Bonchev–Trinajstić information content (AvgIpc) is 2.26. The van der Waals surface area contributed by atoms with Crippen LogP contribution in [0.1, 0.15) is 17.2 Å². The first-order chi connectivity index (χ1) is 7.38. The Morgan fingerprint density at radius 2 is 2.19 bits per heavy atom. The number of nitrogens with zero attached hydrogens (tertiary/aromatic N) is 1. The van der Waals surface area contributed by atoms with E-state index in [1.165, 1.54) is 0 Å². The van der Waals surface area contributed by atoms with Gasteiger partial charge in [0.05, 0.1) is 12.7 Å². The average molecular weight is 234 g/mol. The number of halogens is 3. The summed E-state index contributed by atoms with van der Waals surface area (Å²) in [4.78, 5) is 14.4. The van der Waals surface area contributed by atoms with Crippen LogP contribution in [0.3, 0.4) is 0 Å². The van der Waals surface area contributed by atoms with Crippen molar-refractivity contribution in [3.63, 3.8) is 0 Å². The minimum absolute atomic E-state index is 0.352. The van der Waals surface area contributed by atoms with Gasteiger partial charge in [-0.25, -0.2) is 0 Å². The van der Waals surface area contributed by atoms with Crippen LogP contribution in [0.2, 0.25) is 0 Å². The lowest BCUT2D eigenvalue weighted by atomic mass is 10.0. The van der Waals surface area contributed by atoms with Gasteiger partial charge in [-0.1, -0.05) is 0 Å². The molecule has 16 heavy (non-hydrogen) atoms. The van der Waals surface area contributed by atoms with Crippen LogP contribution in [0.15, 0.2) is 18.5 Å². The van der Waals surface area contributed by atoms with Gasteiger partial charge < -0.3 is 10.5 Å². The van der Waals surface area contributed by atoms with Gasteiger partial charge in [0.2, 0.25) is 0 Å². The number of alkyl halides is 3. The minimum Gasteiger partial charge on any atom is -0.468 e. The summed E-state index contributed by atoms with van der Waals surface area (Å²) in [7, 11) is 1.05. The predicted octanol–water partition coefficient (Wildman–Crippen LogP) is 1.27. The van der Waals surface area contributed by atoms with E-state index in [0.717, 1.165) is 19.4 Å². The smallest absolute Gasteiger partial charge is 0.418 e. The summed E-state index contributed by atoms with van der Waals surface area (Å²) in [6.07, 6.45) is -2.85. The Labute approximate surface area is 89.2 Å². The first-order valence-electron chi connectivity index (χ1n) is 4.22. The van der Waals surface area contributed by atoms with Crippen LogP contribution < -0.4 is 5.73 Å². The highest BCUT2D eigenvalue weighted by Crippen LogP contribution is 2.33. The third kappa shape index (κ3) is 2.48. The summed E-state index contributed by atoms with van der Waals surface area (Å²) < 4.78 is 41.9. The summed E-state index contributed by atoms with van der Waals surface area (Å²) in [5, 5.41) is 0. The Bertz CT molecular complexity index is 393. The first-order valence-corrected chi connectivity index (χ1v) is 4.22. The van der Waals surface area contributed by atoms with Gasteiger partial charge in [0.1, 0.15) is 6.04 Å². The van der Waals surface area contributed by atoms with Crippen molar-refractivity contribution in [2.75, 3.05) is 7.11 Å². The fourth-order valence-electron chi connectivity index (χ4n) is 1.17. The van der Waals surface area contributed by atoms with Crippen LogP contribution in [-0.2, 0) is 15.7 Å². The van der Waals surface area contributed by atoms with E-state index in [2.05, 4.69) is 9.72 Å². The number of hydrogen-bond donors (Lipinski definition) is 1. The Hall–Kier alpha value is -1.63. The third-order valence-corrected chi connectivity index (χ3v) is 1.95. The Morgan fingerprint density at radius 3 is 2.69 bits per heavy atom. The fraction of sp³-hybridized carbons (Fsp3) is 0.333. The highest BCUT2D eigenvalue weighted by Gasteiger charge is 2.36. The van der Waals surface area contributed by atoms with E-state index in [4.69, 9.17) is 5.73 Å². The molecule has 1 aromatic heterocycles. The maximum atomic E-state index is 12.5. The molecule has 1 rings (SSSR count). The monoisotopic (exact) mass is 234 g/mol. The van der Waals surface area contributed by atoms with Crippen molar-refractivity contribution in [1.29, 1.82) is 0 Å². The molecule has 0 aromatic carbocycles. The number of esters is 1. The van der Waals surface area contributed by atoms with Crippen LogP contribution in [0.25, 0.3) is 0 Å². The van der Waals surface area contributed by atoms with Crippen LogP contribution in [-0.4, -0.2) is 18.1 Å². The maximum Gasteiger partial charge on any atom is 0.418 e. The Balaban J connectivity index is 3.19. The predicted molar refractivity (Wildman–Crippen MR) is 48.2 cm³/mol. The second-order valence-corrected chi connectivity index (χ2v) is 2.96. The topological polar surface area (TPSA) is 65.2 Å². The van der Waals surface area contributed by atoms with E-state index >= 15 is 0 Å². The lowest BCUT2D eigenvalue weighted by Crippen LogP contribution is -2.25. The van der Waals surface area contributed by atoms with Gasteiger partial charge in [0.25, 0.3) is 0 Å². The lowest BCUT2D eigenvalue weighted by Gasteiger charge is -2.15. The quantitative estimate of drug-likeness (QED) is 0.782. The normalized spacial score (nSPS) is 13.3. The van der Waals surface area contributed by atoms with Crippen molar-refractivity contribution in [1.82, 2.24) is 4.98 Å². The van der Waals surface area contributed by atoms with Crippen molar-refractivity contribution < 1.29 is 22.7 Å². The first kappa shape index (κ1) is 12.4. The summed E-state index contributed by atoms with van der Waals surface area (Å²) in [5.41, 5.74) is 3.96. The number of nitrogens with two attached hydrogens (primary N) is 1. The summed E-state index contributed by atoms with van der Waals surface area (Å²) >= 11 is 0. The fourth-order valence-corrected chi connectivity index (χ4v) is 1.17. The standard InChI is InChI=1S/C9H9F3N2O2/c1-16-8(15)7(13)5-2-3-14-4-6(5)9(10,11)12/h2-4,7H,13H2,1H3. The van der Waals surface area contributed by atoms with Gasteiger partial charge >= 0.3 is 12.1 Å². The van der Waals surface area contributed by atoms with Gasteiger partial charge in [0.15, 0.2) is 0 Å². The molecule has 7 heteroatoms. The molecule has 0 amide bonds. The molecular weight excluding hydrogens is 225 g/mol. The molecule has 0 aliphatic rings. The zero-order valence-corrected chi connectivity index (χ0v) is 8.28. The van der Waals surface area contributed by atoms with E-state index in [1.807, 2.05) is 0 Å². The number of hydrogen-bond acceptors (Lipinski definition) is 4. The molecule has 88 valence electrons. The van der Waals surface area contributed by atoms with E-state index in [9.17, 15) is 18.0 Å². The van der Waals surface area contributed by atoms with E-state index in [1.54, 1.807) is 0 Å². The van der Waals surface area contributed by atoms with Crippen LogP contribution in [0, 0.1) is 0 Å². The molecule has 0 aliphatic heterocycles. The van der Waals surface area contributed by atoms with Crippen LogP contribution in [0.4, 0.5) is 13.2 Å². The molecule has 2 N–H and O–H groups in total. The molecule has 1 atom stereocenters. The maximum absolute atomic E-state index is 12.5. The van der Waals surface area contributed by atoms with E-state index in [0.29, 0.717) is 6.20 Å². The third-order valence-electron chi connectivity index (χ3n) is 1.95. The second-order valence-electron chi connectivity index (χ2n) is 2.96. The second kappa shape index (κ2) is 4.48. The minimum atomic E-state index is -4.60. The van der Waals surface area contributed by atoms with Crippen molar-refractivity contribution in [3.8, 4) is 0 Å². The zero-order valence-electron chi connectivity index (χ0n) is 8.28. The molecule has 0 saturated carbocycles. The molecular formula is C9H9F3N2O2. The van der Waals surface area contributed by atoms with Gasteiger partial charge in [-0.2, -0.15) is 13.2 Å². The molecule has 1 unspecified atom stereocenters.